The van der Waals surface area contributed by atoms with Crippen LogP contribution in [0.2, 0.25) is 5.02 Å². The molecule has 2 amide bonds. The van der Waals surface area contributed by atoms with E-state index in [2.05, 4.69) is 27.9 Å². The van der Waals surface area contributed by atoms with Gasteiger partial charge in [-0.25, -0.2) is 0 Å². The Labute approximate surface area is 194 Å². The molecule has 5 nitrogen and oxygen atoms in total. The lowest BCUT2D eigenvalue weighted by molar-refractivity contribution is -0.130. The number of thiocarbonyl (C=S) groups is 1. The summed E-state index contributed by atoms with van der Waals surface area (Å²) in [6, 6.07) is 14.5. The molecule has 29 heavy (non-hydrogen) atoms. The van der Waals surface area contributed by atoms with E-state index in [1.165, 1.54) is 0 Å². The number of nitrogens with zero attached hydrogens (tertiary/aromatic N) is 2. The van der Waals surface area contributed by atoms with Crippen LogP contribution in [0.1, 0.15) is 18.9 Å². The first-order valence-corrected chi connectivity index (χ1v) is 11.2. The lowest BCUT2D eigenvalue weighted by Crippen LogP contribution is -2.39. The third kappa shape index (κ3) is 5.46. The normalized spacial score (nSPS) is 16.4. The van der Waals surface area contributed by atoms with E-state index in [0.29, 0.717) is 35.3 Å². The van der Waals surface area contributed by atoms with Crippen molar-refractivity contribution < 1.29 is 9.59 Å². The molecule has 0 spiro atoms. The predicted molar refractivity (Wildman–Crippen MR) is 128 cm³/mol. The number of likely N-dealkylation sites (N-methyl/N-ethyl adjacent to an activating group) is 1. The summed E-state index contributed by atoms with van der Waals surface area (Å²) in [5, 5.41) is 4.04. The van der Waals surface area contributed by atoms with E-state index in [-0.39, 0.29) is 18.2 Å². The molecule has 0 radical (unpaired) electrons. The number of nitrogens with one attached hydrogen (secondary N) is 1. The van der Waals surface area contributed by atoms with Gasteiger partial charge in [-0.2, -0.15) is 0 Å². The van der Waals surface area contributed by atoms with E-state index < -0.39 is 6.04 Å². The third-order valence-electron chi connectivity index (χ3n) is 4.78. The number of hydrogen-bond acceptors (Lipinski definition) is 3. The van der Waals surface area contributed by atoms with Gasteiger partial charge >= 0.3 is 0 Å². The molecule has 0 saturated carbocycles. The SMILES string of the molecule is CCN1C(=O)C(CC(=O)Nc2ccc(I)cc2)N(CCc2ccc(Cl)cc2)C1=S. The lowest BCUT2D eigenvalue weighted by Gasteiger charge is -2.23. The summed E-state index contributed by atoms with van der Waals surface area (Å²) in [7, 11) is 0. The molecule has 1 aliphatic rings. The highest BCUT2D eigenvalue weighted by atomic mass is 127. The topological polar surface area (TPSA) is 52.7 Å². The molecule has 3 rings (SSSR count). The molecule has 1 atom stereocenters. The van der Waals surface area contributed by atoms with Crippen molar-refractivity contribution in [2.45, 2.75) is 25.8 Å². The molecule has 1 heterocycles. The Bertz CT molecular complexity index is 905. The average molecular weight is 542 g/mol. The molecule has 1 unspecified atom stereocenters. The van der Waals surface area contributed by atoms with E-state index in [4.69, 9.17) is 23.8 Å². The first-order chi connectivity index (χ1) is 13.9. The zero-order chi connectivity index (χ0) is 21.0. The molecule has 152 valence electrons. The minimum absolute atomic E-state index is 0.0576. The van der Waals surface area contributed by atoms with E-state index in [1.54, 1.807) is 4.90 Å². The van der Waals surface area contributed by atoms with Crippen molar-refractivity contribution in [1.29, 1.82) is 0 Å². The third-order valence-corrected chi connectivity index (χ3v) is 6.21. The van der Waals surface area contributed by atoms with Gasteiger partial charge in [-0.15, -0.1) is 0 Å². The Morgan fingerprint density at radius 3 is 2.45 bits per heavy atom. The second kappa shape index (κ2) is 9.86. The molecule has 0 bridgehead atoms. The Balaban J connectivity index is 1.69. The zero-order valence-corrected chi connectivity index (χ0v) is 19.6. The highest BCUT2D eigenvalue weighted by molar-refractivity contribution is 14.1. The number of halogens is 2. The van der Waals surface area contributed by atoms with E-state index in [1.807, 2.05) is 60.4 Å². The van der Waals surface area contributed by atoms with Gasteiger partial charge in [-0.05, 0) is 90.1 Å². The summed E-state index contributed by atoms with van der Waals surface area (Å²) in [4.78, 5) is 28.9. The summed E-state index contributed by atoms with van der Waals surface area (Å²) >= 11 is 13.7. The minimum atomic E-state index is -0.585. The van der Waals surface area contributed by atoms with Gasteiger partial charge in [0.2, 0.25) is 5.91 Å². The summed E-state index contributed by atoms with van der Waals surface area (Å²) < 4.78 is 1.09. The van der Waals surface area contributed by atoms with Crippen LogP contribution in [0.25, 0.3) is 0 Å². The molecular weight excluding hydrogens is 521 g/mol. The molecule has 1 saturated heterocycles. The van der Waals surface area contributed by atoms with Crippen molar-refractivity contribution in [2.75, 3.05) is 18.4 Å². The second-order valence-corrected chi connectivity index (χ2v) is 8.76. The van der Waals surface area contributed by atoms with Crippen LogP contribution in [0.4, 0.5) is 5.69 Å². The van der Waals surface area contributed by atoms with Crippen LogP contribution in [0.15, 0.2) is 48.5 Å². The smallest absolute Gasteiger partial charge is 0.252 e. The van der Waals surface area contributed by atoms with Gasteiger partial charge in [-0.1, -0.05) is 23.7 Å². The number of anilines is 1. The van der Waals surface area contributed by atoms with Gasteiger partial charge in [0.1, 0.15) is 6.04 Å². The highest BCUT2D eigenvalue weighted by Crippen LogP contribution is 2.22. The zero-order valence-electron chi connectivity index (χ0n) is 15.9. The van der Waals surface area contributed by atoms with Crippen molar-refractivity contribution in [3.05, 3.63) is 62.7 Å². The summed E-state index contributed by atoms with van der Waals surface area (Å²) in [5.74, 6) is -0.326. The Morgan fingerprint density at radius 2 is 1.83 bits per heavy atom. The number of rotatable bonds is 7. The standard InChI is InChI=1S/C21H21ClIN3O2S/c1-2-25-20(28)18(13-19(27)24-17-9-7-16(23)8-10-17)26(21(25)29)12-11-14-3-5-15(22)6-4-14/h3-10,18H,2,11-13H2,1H3,(H,24,27). The summed E-state index contributed by atoms with van der Waals surface area (Å²) in [5.41, 5.74) is 1.81. The van der Waals surface area contributed by atoms with Crippen molar-refractivity contribution in [3.63, 3.8) is 0 Å². The van der Waals surface area contributed by atoms with Crippen molar-refractivity contribution >= 4 is 69.0 Å². The van der Waals surface area contributed by atoms with Gasteiger partial charge in [0.15, 0.2) is 5.11 Å². The molecule has 2 aromatic carbocycles. The maximum absolute atomic E-state index is 12.8. The number of amides is 2. The number of hydrogen-bond donors (Lipinski definition) is 1. The van der Waals surface area contributed by atoms with Crippen LogP contribution in [0.3, 0.4) is 0 Å². The Morgan fingerprint density at radius 1 is 1.17 bits per heavy atom. The molecule has 0 aliphatic carbocycles. The fourth-order valence-corrected chi connectivity index (χ4v) is 4.18. The van der Waals surface area contributed by atoms with Gasteiger partial charge in [-0.3, -0.25) is 14.5 Å². The monoisotopic (exact) mass is 541 g/mol. The van der Waals surface area contributed by atoms with Crippen LogP contribution >= 0.6 is 46.4 Å². The summed E-state index contributed by atoms with van der Waals surface area (Å²) in [6.45, 7) is 2.93. The Hall–Kier alpha value is -1.71. The molecule has 1 aliphatic heterocycles. The van der Waals surface area contributed by atoms with Crippen molar-refractivity contribution in [1.82, 2.24) is 9.80 Å². The largest absolute Gasteiger partial charge is 0.336 e. The number of carbonyl (C=O) groups is 2. The van der Waals surface area contributed by atoms with Crippen LogP contribution in [-0.2, 0) is 16.0 Å². The molecule has 0 aromatic heterocycles. The molecule has 2 aromatic rings. The lowest BCUT2D eigenvalue weighted by atomic mass is 10.1. The number of benzene rings is 2. The van der Waals surface area contributed by atoms with Gasteiger partial charge in [0.05, 0.1) is 6.42 Å². The van der Waals surface area contributed by atoms with Crippen molar-refractivity contribution in [3.8, 4) is 0 Å². The number of carbonyl (C=O) groups excluding carboxylic acids is 2. The van der Waals surface area contributed by atoms with Gasteiger partial charge in [0, 0.05) is 27.4 Å². The van der Waals surface area contributed by atoms with Gasteiger partial charge in [0.25, 0.3) is 5.91 Å². The maximum atomic E-state index is 12.8. The maximum Gasteiger partial charge on any atom is 0.252 e. The quantitative estimate of drug-likeness (QED) is 0.419. The minimum Gasteiger partial charge on any atom is -0.336 e. The van der Waals surface area contributed by atoms with Crippen molar-refractivity contribution in [2.24, 2.45) is 0 Å². The van der Waals surface area contributed by atoms with Crippen LogP contribution in [-0.4, -0.2) is 45.9 Å². The predicted octanol–water partition coefficient (Wildman–Crippen LogP) is 4.33. The fourth-order valence-electron chi connectivity index (χ4n) is 3.26. The van der Waals surface area contributed by atoms with Gasteiger partial charge < -0.3 is 10.2 Å². The Kier molecular flexibility index (Phi) is 7.48. The molecule has 8 heteroatoms. The first kappa shape index (κ1) is 22.0. The second-order valence-electron chi connectivity index (χ2n) is 6.71. The van der Waals surface area contributed by atoms with E-state index >= 15 is 0 Å². The summed E-state index contributed by atoms with van der Waals surface area (Å²) in [6.07, 6.45) is 0.763. The van der Waals surface area contributed by atoms with Crippen LogP contribution in [0, 0.1) is 3.57 Å². The average Bonchev–Trinajstić information content (AvgIpc) is 2.92. The van der Waals surface area contributed by atoms with Crippen LogP contribution in [0.5, 0.6) is 0 Å². The first-order valence-electron chi connectivity index (χ1n) is 9.31. The fraction of sp³-hybridized carbons (Fsp3) is 0.286. The highest BCUT2D eigenvalue weighted by Gasteiger charge is 2.42. The van der Waals surface area contributed by atoms with E-state index in [0.717, 1.165) is 9.13 Å². The molecule has 1 N–H and O–H groups in total. The molecule has 1 fully saturated rings. The molecular formula is C21H21ClIN3O2S. The van der Waals surface area contributed by atoms with Crippen LogP contribution < -0.4 is 5.32 Å². The van der Waals surface area contributed by atoms with E-state index in [9.17, 15) is 9.59 Å².